The highest BCUT2D eigenvalue weighted by Crippen LogP contribution is 2.37. The molecule has 1 fully saturated rings. The van der Waals surface area contributed by atoms with Crippen LogP contribution in [-0.4, -0.2) is 43.4 Å². The molecule has 0 bridgehead atoms. The van der Waals surface area contributed by atoms with E-state index in [-0.39, 0.29) is 10.9 Å². The molecule has 1 N–H and O–H groups in total. The maximum absolute atomic E-state index is 12.9. The molecule has 0 aliphatic carbocycles. The molecule has 0 aromatic heterocycles. The molecule has 1 aromatic rings. The van der Waals surface area contributed by atoms with Gasteiger partial charge in [-0.3, -0.25) is 9.69 Å². The first-order chi connectivity index (χ1) is 13.2. The molecule has 0 spiro atoms. The van der Waals surface area contributed by atoms with Gasteiger partial charge in [-0.05, 0) is 63.9 Å². The molecule has 0 saturated carbocycles. The zero-order valence-electron chi connectivity index (χ0n) is 19.1. The molecule has 2 amide bonds. The average Bonchev–Trinajstić information content (AvgIpc) is 3.02. The topological polar surface area (TPSA) is 67.9 Å². The van der Waals surface area contributed by atoms with E-state index in [0.29, 0.717) is 18.7 Å². The summed E-state index contributed by atoms with van der Waals surface area (Å²) in [4.78, 5) is 26.8. The monoisotopic (exact) mass is 420 g/mol. The lowest BCUT2D eigenvalue weighted by Crippen LogP contribution is -2.45. The minimum atomic E-state index is -1.97. The highest BCUT2D eigenvalue weighted by atomic mass is 28.4. The highest BCUT2D eigenvalue weighted by molar-refractivity contribution is 6.74. The molecule has 1 aliphatic rings. The van der Waals surface area contributed by atoms with Crippen molar-refractivity contribution in [2.75, 3.05) is 11.9 Å². The Morgan fingerprint density at radius 1 is 1.14 bits per heavy atom. The fourth-order valence-electron chi connectivity index (χ4n) is 2.89. The van der Waals surface area contributed by atoms with Gasteiger partial charge in [0.1, 0.15) is 17.4 Å². The highest BCUT2D eigenvalue weighted by Gasteiger charge is 2.39. The predicted octanol–water partition coefficient (Wildman–Crippen LogP) is 5.41. The van der Waals surface area contributed by atoms with E-state index in [2.05, 4.69) is 39.2 Å². The second kappa shape index (κ2) is 8.38. The summed E-state index contributed by atoms with van der Waals surface area (Å²) >= 11 is 0. The number of likely N-dealkylation sites (tertiary alicyclic amines) is 1. The van der Waals surface area contributed by atoms with Gasteiger partial charge in [0.2, 0.25) is 14.2 Å². The summed E-state index contributed by atoms with van der Waals surface area (Å²) in [5, 5.41) is 3.03. The minimum absolute atomic E-state index is 0.0873. The number of rotatable bonds is 4. The molecule has 7 heteroatoms. The van der Waals surface area contributed by atoms with Crippen molar-refractivity contribution in [3.8, 4) is 5.75 Å². The number of nitrogens with one attached hydrogen (secondary N) is 1. The van der Waals surface area contributed by atoms with Gasteiger partial charge < -0.3 is 14.5 Å². The second-order valence-corrected chi connectivity index (χ2v) is 14.9. The van der Waals surface area contributed by atoms with Crippen LogP contribution in [0, 0.1) is 0 Å². The van der Waals surface area contributed by atoms with E-state index >= 15 is 0 Å². The van der Waals surface area contributed by atoms with Gasteiger partial charge in [-0.2, -0.15) is 0 Å². The lowest BCUT2D eigenvalue weighted by atomic mass is 10.2. The summed E-state index contributed by atoms with van der Waals surface area (Å²) in [5.41, 5.74) is 0.0816. The molecule has 0 unspecified atom stereocenters. The van der Waals surface area contributed by atoms with Crippen molar-refractivity contribution < 1.29 is 18.8 Å². The van der Waals surface area contributed by atoms with E-state index in [1.54, 1.807) is 0 Å². The molecule has 1 saturated heterocycles. The molecule has 1 heterocycles. The number of amides is 2. The summed E-state index contributed by atoms with van der Waals surface area (Å²) in [6.45, 7) is 17.0. The Balaban J connectivity index is 2.08. The Morgan fingerprint density at radius 3 is 2.38 bits per heavy atom. The number of ether oxygens (including phenoxy) is 1. The quantitative estimate of drug-likeness (QED) is 0.662. The number of anilines is 1. The maximum atomic E-state index is 12.9. The fourth-order valence-corrected chi connectivity index (χ4v) is 3.91. The first-order valence-corrected chi connectivity index (χ1v) is 13.2. The molecular formula is C22H36N2O4Si. The van der Waals surface area contributed by atoms with Crippen molar-refractivity contribution in [1.29, 1.82) is 0 Å². The SMILES string of the molecule is CC(C)(C)OC(=O)N1CCC[C@H]1C(=O)Nc1cccc(O[Si](C)(C)C(C)(C)C)c1. The van der Waals surface area contributed by atoms with Crippen LogP contribution in [0.25, 0.3) is 0 Å². The Labute approximate surface area is 176 Å². The summed E-state index contributed by atoms with van der Waals surface area (Å²) in [6.07, 6.45) is 0.974. The zero-order chi connectivity index (χ0) is 22.0. The predicted molar refractivity (Wildman–Crippen MR) is 119 cm³/mol. The Kier molecular flexibility index (Phi) is 6.72. The normalized spacial score (nSPS) is 17.8. The lowest BCUT2D eigenvalue weighted by molar-refractivity contribution is -0.120. The Hall–Kier alpha value is -2.02. The van der Waals surface area contributed by atoms with Gasteiger partial charge in [0.25, 0.3) is 0 Å². The third-order valence-corrected chi connectivity index (χ3v) is 9.82. The van der Waals surface area contributed by atoms with E-state index in [0.717, 1.165) is 12.2 Å². The van der Waals surface area contributed by atoms with Crippen LogP contribution in [0.4, 0.5) is 10.5 Å². The maximum Gasteiger partial charge on any atom is 0.410 e. The van der Waals surface area contributed by atoms with Crippen LogP contribution >= 0.6 is 0 Å². The van der Waals surface area contributed by atoms with Gasteiger partial charge in [-0.25, -0.2) is 4.79 Å². The standard InChI is InChI=1S/C22H36N2O4Si/c1-21(2,3)27-20(26)24-14-10-13-18(24)19(25)23-16-11-9-12-17(15-16)28-29(7,8)22(4,5)6/h9,11-12,15,18H,10,13-14H2,1-8H3,(H,23,25)/t18-/m0/s1. The van der Waals surface area contributed by atoms with Crippen molar-refractivity contribution >= 4 is 26.0 Å². The van der Waals surface area contributed by atoms with Crippen molar-refractivity contribution in [3.05, 3.63) is 24.3 Å². The van der Waals surface area contributed by atoms with Crippen molar-refractivity contribution in [2.24, 2.45) is 0 Å². The smallest absolute Gasteiger partial charge is 0.410 e. The van der Waals surface area contributed by atoms with Crippen molar-refractivity contribution in [1.82, 2.24) is 4.90 Å². The number of hydrogen-bond donors (Lipinski definition) is 1. The first-order valence-electron chi connectivity index (χ1n) is 10.3. The van der Waals surface area contributed by atoms with Gasteiger partial charge in [-0.1, -0.05) is 26.8 Å². The van der Waals surface area contributed by atoms with Crippen LogP contribution in [0.1, 0.15) is 54.4 Å². The Bertz CT molecular complexity index is 750. The molecule has 6 nitrogen and oxygen atoms in total. The van der Waals surface area contributed by atoms with Crippen LogP contribution in [0.3, 0.4) is 0 Å². The molecule has 162 valence electrons. The van der Waals surface area contributed by atoms with E-state index in [1.165, 1.54) is 4.90 Å². The number of carbonyl (C=O) groups excluding carboxylic acids is 2. The van der Waals surface area contributed by atoms with E-state index in [9.17, 15) is 9.59 Å². The largest absolute Gasteiger partial charge is 0.543 e. The van der Waals surface area contributed by atoms with Crippen molar-refractivity contribution in [3.63, 3.8) is 0 Å². The number of nitrogens with zero attached hydrogens (tertiary/aromatic N) is 1. The third-order valence-electron chi connectivity index (χ3n) is 5.46. The molecule has 29 heavy (non-hydrogen) atoms. The summed E-state index contributed by atoms with van der Waals surface area (Å²) in [5.74, 6) is 0.558. The van der Waals surface area contributed by atoms with E-state index in [4.69, 9.17) is 9.16 Å². The van der Waals surface area contributed by atoms with Gasteiger partial charge in [0.15, 0.2) is 0 Å². The van der Waals surface area contributed by atoms with Gasteiger partial charge in [-0.15, -0.1) is 0 Å². The van der Waals surface area contributed by atoms with Gasteiger partial charge in [0, 0.05) is 18.3 Å². The van der Waals surface area contributed by atoms with Crippen LogP contribution in [0.15, 0.2) is 24.3 Å². The summed E-state index contributed by atoms with van der Waals surface area (Å²) in [7, 11) is -1.97. The number of carbonyl (C=O) groups is 2. The zero-order valence-corrected chi connectivity index (χ0v) is 20.1. The molecule has 1 aromatic carbocycles. The summed E-state index contributed by atoms with van der Waals surface area (Å²) in [6, 6.07) is 6.96. The third kappa shape index (κ3) is 6.23. The van der Waals surface area contributed by atoms with E-state index in [1.807, 2.05) is 45.0 Å². The molecular weight excluding hydrogens is 384 g/mol. The molecule has 0 radical (unpaired) electrons. The Morgan fingerprint density at radius 2 is 1.79 bits per heavy atom. The van der Waals surface area contributed by atoms with Crippen LogP contribution in [-0.2, 0) is 9.53 Å². The van der Waals surface area contributed by atoms with Crippen molar-refractivity contribution in [2.45, 2.75) is 84.2 Å². The average molecular weight is 421 g/mol. The van der Waals surface area contributed by atoms with Crippen LogP contribution in [0.2, 0.25) is 18.1 Å². The molecule has 2 rings (SSSR count). The lowest BCUT2D eigenvalue weighted by Gasteiger charge is -2.36. The molecule has 1 atom stereocenters. The van der Waals surface area contributed by atoms with Crippen LogP contribution < -0.4 is 9.74 Å². The second-order valence-electron chi connectivity index (χ2n) is 10.2. The molecule has 1 aliphatic heterocycles. The van der Waals surface area contributed by atoms with Gasteiger partial charge in [0.05, 0.1) is 0 Å². The summed E-state index contributed by atoms with van der Waals surface area (Å²) < 4.78 is 11.8. The van der Waals surface area contributed by atoms with Gasteiger partial charge >= 0.3 is 6.09 Å². The number of hydrogen-bond acceptors (Lipinski definition) is 4. The van der Waals surface area contributed by atoms with Crippen LogP contribution in [0.5, 0.6) is 5.75 Å². The number of benzene rings is 1. The van der Waals surface area contributed by atoms with E-state index < -0.39 is 26.1 Å². The fraction of sp³-hybridized carbons (Fsp3) is 0.636. The minimum Gasteiger partial charge on any atom is -0.543 e. The first kappa shape index (κ1) is 23.3.